The van der Waals surface area contributed by atoms with Crippen LogP contribution in [-0.2, 0) is 17.8 Å². The minimum absolute atomic E-state index is 0.0326. The minimum atomic E-state index is -0.862. The Bertz CT molecular complexity index is 553. The summed E-state index contributed by atoms with van der Waals surface area (Å²) in [7, 11) is 1.93. The first kappa shape index (κ1) is 13.3. The molecule has 1 N–H and O–H groups in total. The molecule has 2 aromatic rings. The molecule has 4 nitrogen and oxygen atoms in total. The molecule has 0 bridgehead atoms. The highest BCUT2D eigenvalue weighted by molar-refractivity contribution is 7.16. The number of carbonyl (C=O) groups is 1. The maximum atomic E-state index is 10.6. The van der Waals surface area contributed by atoms with E-state index in [1.54, 1.807) is 5.38 Å². The molecule has 0 amide bonds. The molecule has 2 heterocycles. The second-order valence-corrected chi connectivity index (χ2v) is 6.39. The van der Waals surface area contributed by atoms with E-state index in [0.717, 1.165) is 20.9 Å². The summed E-state index contributed by atoms with van der Waals surface area (Å²) in [6.45, 7) is 0.720. The van der Waals surface area contributed by atoms with Gasteiger partial charge in [0.2, 0.25) is 0 Å². The Labute approximate surface area is 117 Å². The van der Waals surface area contributed by atoms with Crippen molar-refractivity contribution in [3.05, 3.63) is 32.4 Å². The van der Waals surface area contributed by atoms with Crippen molar-refractivity contribution in [3.8, 4) is 0 Å². The number of thiazole rings is 1. The van der Waals surface area contributed by atoms with Gasteiger partial charge in [-0.2, -0.15) is 0 Å². The molecule has 18 heavy (non-hydrogen) atoms. The fourth-order valence-electron chi connectivity index (χ4n) is 1.45. The molecule has 0 saturated carbocycles. The van der Waals surface area contributed by atoms with Gasteiger partial charge in [0.1, 0.15) is 0 Å². The van der Waals surface area contributed by atoms with Gasteiger partial charge in [0, 0.05) is 17.3 Å². The van der Waals surface area contributed by atoms with E-state index < -0.39 is 5.97 Å². The van der Waals surface area contributed by atoms with E-state index in [9.17, 15) is 4.79 Å². The Morgan fingerprint density at radius 3 is 2.94 bits per heavy atom. The lowest BCUT2D eigenvalue weighted by molar-refractivity contribution is -0.136. The second kappa shape index (κ2) is 5.69. The lowest BCUT2D eigenvalue weighted by atomic mass is 10.3. The van der Waals surface area contributed by atoms with Crippen LogP contribution in [0.3, 0.4) is 0 Å². The smallest absolute Gasteiger partial charge is 0.309 e. The fraction of sp³-hybridized carbons (Fsp3) is 0.273. The standard InChI is InChI=1S/C11H11ClN2O2S2/c1-14(5-8-2-3-9(12)18-8)11-13-7(6-17-11)4-10(15)16/h2-3,6H,4-5H2,1H3,(H,15,16). The van der Waals surface area contributed by atoms with Gasteiger partial charge in [-0.25, -0.2) is 4.98 Å². The van der Waals surface area contributed by atoms with Gasteiger partial charge >= 0.3 is 5.97 Å². The average molecular weight is 303 g/mol. The highest BCUT2D eigenvalue weighted by Crippen LogP contribution is 2.26. The lowest BCUT2D eigenvalue weighted by Crippen LogP contribution is -2.15. The molecule has 0 aliphatic rings. The number of nitrogens with zero attached hydrogens (tertiary/aromatic N) is 2. The predicted molar refractivity (Wildman–Crippen MR) is 74.9 cm³/mol. The topological polar surface area (TPSA) is 53.4 Å². The molecular weight excluding hydrogens is 292 g/mol. The molecule has 0 radical (unpaired) electrons. The number of carboxylic acid groups (broad SMARTS) is 1. The van der Waals surface area contributed by atoms with E-state index in [1.807, 2.05) is 24.1 Å². The van der Waals surface area contributed by atoms with Crippen molar-refractivity contribution in [2.75, 3.05) is 11.9 Å². The van der Waals surface area contributed by atoms with Crippen LogP contribution in [0.15, 0.2) is 17.5 Å². The summed E-state index contributed by atoms with van der Waals surface area (Å²) in [5, 5.41) is 11.3. The third kappa shape index (κ3) is 3.44. The summed E-state index contributed by atoms with van der Waals surface area (Å²) in [6, 6.07) is 3.85. The van der Waals surface area contributed by atoms with Crippen LogP contribution in [0.25, 0.3) is 0 Å². The Hall–Kier alpha value is -1.11. The van der Waals surface area contributed by atoms with Crippen LogP contribution in [0.5, 0.6) is 0 Å². The van der Waals surface area contributed by atoms with Crippen LogP contribution in [0.4, 0.5) is 5.13 Å². The highest BCUT2D eigenvalue weighted by atomic mass is 35.5. The highest BCUT2D eigenvalue weighted by Gasteiger charge is 2.10. The Kier molecular flexibility index (Phi) is 4.21. The molecule has 0 aromatic carbocycles. The second-order valence-electron chi connectivity index (χ2n) is 3.75. The van der Waals surface area contributed by atoms with E-state index in [4.69, 9.17) is 16.7 Å². The van der Waals surface area contributed by atoms with Gasteiger partial charge in [0.15, 0.2) is 5.13 Å². The van der Waals surface area contributed by atoms with Crippen molar-refractivity contribution in [2.45, 2.75) is 13.0 Å². The minimum Gasteiger partial charge on any atom is -0.481 e. The number of aliphatic carboxylic acids is 1. The zero-order chi connectivity index (χ0) is 13.1. The molecule has 0 saturated heterocycles. The maximum Gasteiger partial charge on any atom is 0.309 e. The number of hydrogen-bond donors (Lipinski definition) is 1. The van der Waals surface area contributed by atoms with Crippen LogP contribution >= 0.6 is 34.3 Å². The number of hydrogen-bond acceptors (Lipinski definition) is 5. The summed E-state index contributed by atoms with van der Waals surface area (Å²) in [5.74, 6) is -0.862. The van der Waals surface area contributed by atoms with Crippen molar-refractivity contribution >= 4 is 45.4 Å². The number of halogens is 1. The molecule has 0 spiro atoms. The first-order valence-corrected chi connectivity index (χ1v) is 7.23. The van der Waals surface area contributed by atoms with Crippen molar-refractivity contribution in [1.29, 1.82) is 0 Å². The van der Waals surface area contributed by atoms with Crippen LogP contribution in [0.2, 0.25) is 4.34 Å². The van der Waals surface area contributed by atoms with E-state index in [2.05, 4.69) is 4.98 Å². The maximum absolute atomic E-state index is 10.6. The molecular formula is C11H11ClN2O2S2. The van der Waals surface area contributed by atoms with E-state index >= 15 is 0 Å². The normalized spacial score (nSPS) is 10.6. The first-order chi connectivity index (χ1) is 8.54. The van der Waals surface area contributed by atoms with Crippen LogP contribution in [0.1, 0.15) is 10.6 Å². The SMILES string of the molecule is CN(Cc1ccc(Cl)s1)c1nc(CC(=O)O)cs1. The molecule has 0 fully saturated rings. The van der Waals surface area contributed by atoms with Gasteiger partial charge in [-0.3, -0.25) is 4.79 Å². The van der Waals surface area contributed by atoms with E-state index in [0.29, 0.717) is 5.69 Å². The molecule has 7 heteroatoms. The average Bonchev–Trinajstić information content (AvgIpc) is 2.87. The molecule has 0 aliphatic heterocycles. The van der Waals surface area contributed by atoms with Crippen molar-refractivity contribution in [1.82, 2.24) is 4.98 Å². The molecule has 0 atom stereocenters. The van der Waals surface area contributed by atoms with Crippen molar-refractivity contribution in [3.63, 3.8) is 0 Å². The first-order valence-electron chi connectivity index (χ1n) is 5.16. The molecule has 2 aromatic heterocycles. The summed E-state index contributed by atoms with van der Waals surface area (Å²) in [5.41, 5.74) is 0.596. The molecule has 2 rings (SSSR count). The monoisotopic (exact) mass is 302 g/mol. The Morgan fingerprint density at radius 2 is 2.33 bits per heavy atom. The molecule has 0 aliphatic carbocycles. The summed E-state index contributed by atoms with van der Waals surface area (Å²) < 4.78 is 0.768. The van der Waals surface area contributed by atoms with E-state index in [1.165, 1.54) is 22.7 Å². The fourth-order valence-corrected chi connectivity index (χ4v) is 3.38. The Balaban J connectivity index is 2.02. The van der Waals surface area contributed by atoms with Gasteiger partial charge in [-0.1, -0.05) is 11.6 Å². The largest absolute Gasteiger partial charge is 0.481 e. The number of anilines is 1. The van der Waals surface area contributed by atoms with Crippen molar-refractivity contribution in [2.24, 2.45) is 0 Å². The third-order valence-electron chi connectivity index (χ3n) is 2.22. The van der Waals surface area contributed by atoms with Crippen LogP contribution in [-0.4, -0.2) is 23.1 Å². The van der Waals surface area contributed by atoms with Gasteiger partial charge in [0.05, 0.1) is 23.0 Å². The zero-order valence-corrected chi connectivity index (χ0v) is 12.0. The lowest BCUT2D eigenvalue weighted by Gasteiger charge is -2.13. The molecule has 0 unspecified atom stereocenters. The van der Waals surface area contributed by atoms with Crippen LogP contribution < -0.4 is 4.90 Å². The quantitative estimate of drug-likeness (QED) is 0.922. The third-order valence-corrected chi connectivity index (χ3v) is 4.44. The number of aromatic nitrogens is 1. The number of rotatable bonds is 5. The summed E-state index contributed by atoms with van der Waals surface area (Å²) >= 11 is 8.86. The van der Waals surface area contributed by atoms with Crippen molar-refractivity contribution < 1.29 is 9.90 Å². The summed E-state index contributed by atoms with van der Waals surface area (Å²) in [6.07, 6.45) is -0.0326. The van der Waals surface area contributed by atoms with Gasteiger partial charge < -0.3 is 10.0 Å². The Morgan fingerprint density at radius 1 is 1.56 bits per heavy atom. The zero-order valence-electron chi connectivity index (χ0n) is 9.59. The summed E-state index contributed by atoms with van der Waals surface area (Å²) in [4.78, 5) is 18.0. The van der Waals surface area contributed by atoms with Gasteiger partial charge in [-0.05, 0) is 12.1 Å². The predicted octanol–water partition coefficient (Wildman–Crippen LogP) is 3.12. The van der Waals surface area contributed by atoms with Gasteiger partial charge in [-0.15, -0.1) is 22.7 Å². The van der Waals surface area contributed by atoms with Gasteiger partial charge in [0.25, 0.3) is 0 Å². The molecule has 96 valence electrons. The number of carboxylic acids is 1. The van der Waals surface area contributed by atoms with Crippen LogP contribution in [0, 0.1) is 0 Å². The number of thiophene rings is 1. The van der Waals surface area contributed by atoms with E-state index in [-0.39, 0.29) is 6.42 Å².